The molecular formula is C12H10N2O3. The van der Waals surface area contributed by atoms with Gasteiger partial charge in [-0.25, -0.2) is 4.79 Å². The molecule has 1 amide bonds. The Morgan fingerprint density at radius 1 is 1.35 bits per heavy atom. The van der Waals surface area contributed by atoms with E-state index in [9.17, 15) is 9.59 Å². The number of nitrogens with zero attached hydrogens (tertiary/aromatic N) is 1. The van der Waals surface area contributed by atoms with Gasteiger partial charge in [-0.1, -0.05) is 17.3 Å². The van der Waals surface area contributed by atoms with Gasteiger partial charge in [0.25, 0.3) is 0 Å². The summed E-state index contributed by atoms with van der Waals surface area (Å²) in [5, 5.41) is 3.57. The van der Waals surface area contributed by atoms with E-state index in [2.05, 4.69) is 9.99 Å². The molecule has 0 saturated heterocycles. The van der Waals surface area contributed by atoms with Crippen LogP contribution in [0.3, 0.4) is 0 Å². The van der Waals surface area contributed by atoms with Gasteiger partial charge in [0.1, 0.15) is 0 Å². The summed E-state index contributed by atoms with van der Waals surface area (Å²) in [6, 6.07) is 6.60. The topological polar surface area (TPSA) is 81.8 Å². The lowest BCUT2D eigenvalue weighted by Crippen LogP contribution is -2.10. The van der Waals surface area contributed by atoms with Crippen molar-refractivity contribution in [1.82, 2.24) is 0 Å². The normalized spacial score (nSPS) is 16.9. The second-order valence-corrected chi connectivity index (χ2v) is 3.60. The predicted octanol–water partition coefficient (Wildman–Crippen LogP) is 1.10. The molecule has 0 unspecified atom stereocenters. The molecule has 1 aromatic carbocycles. The number of primary amides is 1. The lowest BCUT2D eigenvalue weighted by Gasteiger charge is -1.98. The molecule has 0 spiro atoms. The molecule has 86 valence electrons. The van der Waals surface area contributed by atoms with Gasteiger partial charge in [-0.2, -0.15) is 0 Å². The quantitative estimate of drug-likeness (QED) is 0.610. The number of carbonyl (C=O) groups is 2. The zero-order valence-electron chi connectivity index (χ0n) is 9.14. The molecule has 17 heavy (non-hydrogen) atoms. The van der Waals surface area contributed by atoms with Gasteiger partial charge in [-0.3, -0.25) is 4.79 Å². The van der Waals surface area contributed by atoms with Crippen molar-refractivity contribution < 1.29 is 14.4 Å². The van der Waals surface area contributed by atoms with Gasteiger partial charge in [0.15, 0.2) is 0 Å². The van der Waals surface area contributed by atoms with Crippen LogP contribution >= 0.6 is 0 Å². The highest BCUT2D eigenvalue weighted by molar-refractivity contribution is 6.24. The molecule has 1 aliphatic heterocycles. The van der Waals surface area contributed by atoms with Gasteiger partial charge >= 0.3 is 5.97 Å². The van der Waals surface area contributed by atoms with Crippen LogP contribution in [0.15, 0.2) is 35.0 Å². The summed E-state index contributed by atoms with van der Waals surface area (Å²) in [7, 11) is 0. The van der Waals surface area contributed by atoms with Crippen molar-refractivity contribution in [2.24, 2.45) is 10.9 Å². The van der Waals surface area contributed by atoms with E-state index in [0.29, 0.717) is 16.8 Å². The molecule has 2 N–H and O–H groups in total. The Morgan fingerprint density at radius 3 is 2.47 bits per heavy atom. The number of amides is 1. The van der Waals surface area contributed by atoms with Crippen LogP contribution in [0.5, 0.6) is 0 Å². The Kier molecular flexibility index (Phi) is 2.74. The van der Waals surface area contributed by atoms with Crippen LogP contribution in [-0.4, -0.2) is 17.6 Å². The van der Waals surface area contributed by atoms with Crippen molar-refractivity contribution in [3.8, 4) is 0 Å². The van der Waals surface area contributed by atoms with Gasteiger partial charge in [0, 0.05) is 5.56 Å². The number of carbonyl (C=O) groups excluding carboxylic acids is 2. The van der Waals surface area contributed by atoms with Crippen LogP contribution in [0.2, 0.25) is 0 Å². The van der Waals surface area contributed by atoms with Crippen molar-refractivity contribution in [2.45, 2.75) is 6.92 Å². The smallest absolute Gasteiger partial charge is 0.366 e. The zero-order valence-corrected chi connectivity index (χ0v) is 9.14. The van der Waals surface area contributed by atoms with E-state index in [-0.39, 0.29) is 0 Å². The summed E-state index contributed by atoms with van der Waals surface area (Å²) in [6.45, 7) is 1.69. The maximum Gasteiger partial charge on any atom is 0.367 e. The van der Waals surface area contributed by atoms with Crippen molar-refractivity contribution >= 4 is 23.7 Å². The fourth-order valence-electron chi connectivity index (χ4n) is 1.43. The number of hydrogen-bond donors (Lipinski definition) is 1. The fraction of sp³-hybridized carbons (Fsp3) is 0.0833. The van der Waals surface area contributed by atoms with Crippen LogP contribution in [-0.2, 0) is 9.63 Å². The number of hydrogen-bond acceptors (Lipinski definition) is 4. The van der Waals surface area contributed by atoms with Crippen LogP contribution < -0.4 is 5.73 Å². The largest absolute Gasteiger partial charge is 0.367 e. The summed E-state index contributed by atoms with van der Waals surface area (Å²) >= 11 is 0. The predicted molar refractivity (Wildman–Crippen MR) is 62.1 cm³/mol. The first-order valence-electron chi connectivity index (χ1n) is 4.96. The number of rotatable bonds is 2. The Balaban J connectivity index is 2.30. The monoisotopic (exact) mass is 230 g/mol. The molecule has 1 heterocycles. The summed E-state index contributed by atoms with van der Waals surface area (Å²) in [5.74, 6) is -0.955. The zero-order chi connectivity index (χ0) is 12.4. The number of benzene rings is 1. The Bertz CT molecular complexity index is 541. The molecule has 2 rings (SSSR count). The Labute approximate surface area is 97.6 Å². The van der Waals surface area contributed by atoms with Crippen molar-refractivity contribution in [3.63, 3.8) is 0 Å². The molecule has 0 atom stereocenters. The second kappa shape index (κ2) is 4.21. The minimum atomic E-state index is -0.484. The highest BCUT2D eigenvalue weighted by Gasteiger charge is 2.21. The van der Waals surface area contributed by atoms with Crippen LogP contribution in [0.1, 0.15) is 22.8 Å². The first-order chi connectivity index (χ1) is 8.08. The summed E-state index contributed by atoms with van der Waals surface area (Å²) in [4.78, 5) is 26.7. The molecule has 0 aromatic heterocycles. The number of oxime groups is 1. The molecular weight excluding hydrogens is 220 g/mol. The molecule has 0 bridgehead atoms. The highest BCUT2D eigenvalue weighted by Crippen LogP contribution is 2.15. The third-order valence-electron chi connectivity index (χ3n) is 2.38. The maximum atomic E-state index is 11.3. The second-order valence-electron chi connectivity index (χ2n) is 3.60. The van der Waals surface area contributed by atoms with Crippen LogP contribution in [0.4, 0.5) is 0 Å². The average Bonchev–Trinajstić information content (AvgIpc) is 2.61. The van der Waals surface area contributed by atoms with Gasteiger partial charge < -0.3 is 10.6 Å². The molecule has 0 radical (unpaired) electrons. The molecule has 0 saturated carbocycles. The van der Waals surface area contributed by atoms with Gasteiger partial charge in [-0.05, 0) is 30.7 Å². The van der Waals surface area contributed by atoms with E-state index < -0.39 is 11.9 Å². The lowest BCUT2D eigenvalue weighted by atomic mass is 10.1. The lowest BCUT2D eigenvalue weighted by molar-refractivity contribution is -0.136. The molecule has 5 heteroatoms. The Hall–Kier alpha value is -2.43. The van der Waals surface area contributed by atoms with Gasteiger partial charge in [0.05, 0.1) is 11.3 Å². The van der Waals surface area contributed by atoms with E-state index in [1.54, 1.807) is 37.3 Å². The molecule has 5 nitrogen and oxygen atoms in total. The van der Waals surface area contributed by atoms with E-state index in [1.807, 2.05) is 0 Å². The van der Waals surface area contributed by atoms with Crippen molar-refractivity contribution in [2.75, 3.05) is 0 Å². The maximum absolute atomic E-state index is 11.3. The third kappa shape index (κ3) is 2.23. The minimum absolute atomic E-state index is 0.414. The van der Waals surface area contributed by atoms with Gasteiger partial charge in [0.2, 0.25) is 5.91 Å². The summed E-state index contributed by atoms with van der Waals surface area (Å²) in [6.07, 6.45) is 1.65. The molecule has 0 aliphatic carbocycles. The average molecular weight is 230 g/mol. The van der Waals surface area contributed by atoms with E-state index in [0.717, 1.165) is 5.56 Å². The summed E-state index contributed by atoms with van der Waals surface area (Å²) in [5.41, 5.74) is 7.27. The SMILES string of the molecule is CC1=NOC(=O)/C1=C/c1ccc(C(N)=O)cc1. The van der Waals surface area contributed by atoms with Gasteiger partial charge in [-0.15, -0.1) is 0 Å². The fourth-order valence-corrected chi connectivity index (χ4v) is 1.43. The number of nitrogens with two attached hydrogens (primary N) is 1. The first kappa shape index (κ1) is 11.1. The van der Waals surface area contributed by atoms with E-state index in [1.165, 1.54) is 0 Å². The van der Waals surface area contributed by atoms with E-state index >= 15 is 0 Å². The van der Waals surface area contributed by atoms with E-state index in [4.69, 9.17) is 5.73 Å². The third-order valence-corrected chi connectivity index (χ3v) is 2.38. The molecule has 1 aromatic rings. The highest BCUT2D eigenvalue weighted by atomic mass is 16.7. The Morgan fingerprint density at radius 2 is 2.00 bits per heavy atom. The standard InChI is InChI=1S/C12H10N2O3/c1-7-10(12(16)17-14-7)6-8-2-4-9(5-3-8)11(13)15/h2-6H,1H3,(H2,13,15)/b10-6+. The first-order valence-corrected chi connectivity index (χ1v) is 4.96. The summed E-state index contributed by atoms with van der Waals surface area (Å²) < 4.78 is 0. The van der Waals surface area contributed by atoms with Crippen LogP contribution in [0, 0.1) is 0 Å². The molecule has 0 fully saturated rings. The van der Waals surface area contributed by atoms with Crippen molar-refractivity contribution in [1.29, 1.82) is 0 Å². The minimum Gasteiger partial charge on any atom is -0.366 e. The molecule has 1 aliphatic rings. The van der Waals surface area contributed by atoms with Crippen molar-refractivity contribution in [3.05, 3.63) is 41.0 Å². The van der Waals surface area contributed by atoms with Crippen LogP contribution in [0.25, 0.3) is 6.08 Å².